The number of benzene rings is 2. The molecule has 0 saturated heterocycles. The van der Waals surface area contributed by atoms with Gasteiger partial charge in [0.1, 0.15) is 18.3 Å². The van der Waals surface area contributed by atoms with Crippen LogP contribution in [0.15, 0.2) is 59.9 Å². The summed E-state index contributed by atoms with van der Waals surface area (Å²) in [7, 11) is 0.192. The maximum Gasteiger partial charge on any atom is 0.271 e. The molecule has 210 valence electrons. The number of anilines is 2. The summed E-state index contributed by atoms with van der Waals surface area (Å²) in [4.78, 5) is 24.8. The van der Waals surface area contributed by atoms with Crippen molar-refractivity contribution in [3.05, 3.63) is 70.7 Å². The van der Waals surface area contributed by atoms with Gasteiger partial charge in [-0.15, -0.1) is 0 Å². The average Bonchev–Trinajstić information content (AvgIpc) is 3.29. The van der Waals surface area contributed by atoms with Crippen molar-refractivity contribution in [2.75, 3.05) is 25.3 Å². The number of nitro groups is 1. The highest BCUT2D eigenvalue weighted by Crippen LogP contribution is 2.36. The zero-order valence-corrected chi connectivity index (χ0v) is 24.8. The molecule has 0 fully saturated rings. The maximum absolute atomic E-state index is 13.8. The fraction of sp³-hybridized carbons (Fsp3) is 0.296. The summed E-state index contributed by atoms with van der Waals surface area (Å²) < 4.78 is 27.2. The summed E-state index contributed by atoms with van der Waals surface area (Å²) in [5.41, 5.74) is 2.82. The lowest BCUT2D eigenvalue weighted by atomic mass is 10.1. The third-order valence-electron chi connectivity index (χ3n) is 5.99. The molecule has 1 N–H and O–H groups in total. The van der Waals surface area contributed by atoms with E-state index in [1.54, 1.807) is 24.4 Å². The molecule has 40 heavy (non-hydrogen) atoms. The zero-order chi connectivity index (χ0) is 28.9. The minimum atomic E-state index is -1.28. The lowest BCUT2D eigenvalue weighted by Crippen LogP contribution is -2.22. The summed E-state index contributed by atoms with van der Waals surface area (Å²) in [5.74, 6) is 0.264. The number of thioether (sulfide) groups is 1. The maximum atomic E-state index is 13.8. The first kappa shape index (κ1) is 29.2. The molecule has 0 saturated carbocycles. The number of imidazole rings is 1. The van der Waals surface area contributed by atoms with Gasteiger partial charge in [0, 0.05) is 38.6 Å². The van der Waals surface area contributed by atoms with Gasteiger partial charge in [0.2, 0.25) is 5.95 Å². The van der Waals surface area contributed by atoms with Gasteiger partial charge in [-0.3, -0.25) is 14.7 Å². The Bertz CT molecular complexity index is 1490. The molecule has 0 bridgehead atoms. The molecule has 0 radical (unpaired) electrons. The Balaban J connectivity index is 1.77. The Kier molecular flexibility index (Phi) is 9.17. The zero-order valence-electron chi connectivity index (χ0n) is 23.0. The number of nitrogens with zero attached hydrogens (tertiary/aromatic N) is 5. The van der Waals surface area contributed by atoms with Crippen LogP contribution in [0.25, 0.3) is 22.6 Å². The summed E-state index contributed by atoms with van der Waals surface area (Å²) in [6.45, 7) is 7.77. The second-order valence-electron chi connectivity index (χ2n) is 10.1. The number of methoxy groups -OCH3 is 1. The third kappa shape index (κ3) is 7.03. The fourth-order valence-electron chi connectivity index (χ4n) is 3.89. The molecule has 2 heterocycles. The molecule has 2 aromatic heterocycles. The number of aromatic nitrogens is 4. The van der Waals surface area contributed by atoms with Crippen molar-refractivity contribution < 1.29 is 18.8 Å². The van der Waals surface area contributed by atoms with Gasteiger partial charge in [0.25, 0.3) is 5.69 Å². The highest BCUT2D eigenvalue weighted by atomic mass is 32.2. The molecule has 0 aliphatic carbocycles. The molecular formula is C27H31FN6O4SSi. The van der Waals surface area contributed by atoms with Crippen LogP contribution in [0.1, 0.15) is 0 Å². The number of non-ortho nitro benzene ring substituents is 1. The van der Waals surface area contributed by atoms with Crippen molar-refractivity contribution >= 4 is 37.2 Å². The fourth-order valence-corrected chi connectivity index (χ4v) is 5.19. The van der Waals surface area contributed by atoms with Crippen molar-refractivity contribution in [2.24, 2.45) is 0 Å². The Labute approximate surface area is 237 Å². The summed E-state index contributed by atoms with van der Waals surface area (Å²) in [5, 5.41) is 15.1. The quantitative estimate of drug-likeness (QED) is 0.0630. The van der Waals surface area contributed by atoms with Crippen LogP contribution in [-0.2, 0) is 11.5 Å². The normalized spacial score (nSPS) is 11.4. The number of hydrogen-bond donors (Lipinski definition) is 1. The SMILES string of the molecule is COc1ccc([N+](=O)[O-])cc1Nc1nccc(-c2c(-c3ccc(F)cc3)nc(SC)n2COCC[Si](C)(C)C)n1. The van der Waals surface area contributed by atoms with Crippen molar-refractivity contribution in [1.29, 1.82) is 0 Å². The minimum Gasteiger partial charge on any atom is -0.495 e. The minimum absolute atomic E-state index is 0.101. The van der Waals surface area contributed by atoms with Crippen molar-refractivity contribution in [1.82, 2.24) is 19.5 Å². The number of nitrogens with one attached hydrogen (secondary N) is 1. The molecule has 10 nitrogen and oxygen atoms in total. The van der Waals surface area contributed by atoms with Crippen molar-refractivity contribution in [2.45, 2.75) is 37.6 Å². The molecule has 4 rings (SSSR count). The lowest BCUT2D eigenvalue weighted by molar-refractivity contribution is -0.384. The summed E-state index contributed by atoms with van der Waals surface area (Å²) >= 11 is 1.47. The molecule has 0 aliphatic rings. The van der Waals surface area contributed by atoms with Crippen LogP contribution in [0.3, 0.4) is 0 Å². The van der Waals surface area contributed by atoms with E-state index in [2.05, 4.69) is 29.9 Å². The van der Waals surface area contributed by atoms with E-state index in [0.717, 1.165) is 16.8 Å². The van der Waals surface area contributed by atoms with Gasteiger partial charge in [-0.2, -0.15) is 0 Å². The van der Waals surface area contributed by atoms with Gasteiger partial charge < -0.3 is 14.8 Å². The monoisotopic (exact) mass is 582 g/mol. The lowest BCUT2D eigenvalue weighted by Gasteiger charge is -2.17. The van der Waals surface area contributed by atoms with Gasteiger partial charge in [-0.1, -0.05) is 31.4 Å². The topological polar surface area (TPSA) is 117 Å². The first-order valence-electron chi connectivity index (χ1n) is 12.5. The molecule has 0 unspecified atom stereocenters. The molecule has 13 heteroatoms. The van der Waals surface area contributed by atoms with Crippen LogP contribution in [0.5, 0.6) is 5.75 Å². The van der Waals surface area contributed by atoms with Gasteiger partial charge in [0.05, 0.1) is 34.8 Å². The number of hydrogen-bond acceptors (Lipinski definition) is 9. The van der Waals surface area contributed by atoms with Crippen molar-refractivity contribution in [3.8, 4) is 28.4 Å². The second kappa shape index (κ2) is 12.6. The van der Waals surface area contributed by atoms with Crippen LogP contribution >= 0.6 is 11.8 Å². The third-order valence-corrected chi connectivity index (χ3v) is 8.37. The van der Waals surface area contributed by atoms with E-state index in [9.17, 15) is 14.5 Å². The first-order valence-corrected chi connectivity index (χ1v) is 17.4. The Morgan fingerprint density at radius 1 is 1.12 bits per heavy atom. The highest BCUT2D eigenvalue weighted by Gasteiger charge is 2.22. The molecular weight excluding hydrogens is 551 g/mol. The Hall–Kier alpha value is -3.81. The van der Waals surface area contributed by atoms with Crippen LogP contribution in [0.2, 0.25) is 25.7 Å². The predicted octanol–water partition coefficient (Wildman–Crippen LogP) is 6.84. The van der Waals surface area contributed by atoms with E-state index in [0.29, 0.717) is 35.1 Å². The molecule has 0 amide bonds. The van der Waals surface area contributed by atoms with Crippen LogP contribution in [-0.4, -0.2) is 52.5 Å². The van der Waals surface area contributed by atoms with Gasteiger partial charge in [-0.25, -0.2) is 19.3 Å². The van der Waals surface area contributed by atoms with E-state index in [1.165, 1.54) is 49.2 Å². The predicted molar refractivity (Wildman–Crippen MR) is 157 cm³/mol. The van der Waals surface area contributed by atoms with Gasteiger partial charge in [-0.05, 0) is 48.7 Å². The average molecular weight is 583 g/mol. The van der Waals surface area contributed by atoms with E-state index < -0.39 is 13.0 Å². The van der Waals surface area contributed by atoms with E-state index in [1.807, 2.05) is 10.8 Å². The molecule has 0 spiro atoms. The molecule has 0 aliphatic heterocycles. The second-order valence-corrected chi connectivity index (χ2v) is 16.5. The van der Waals surface area contributed by atoms with Gasteiger partial charge >= 0.3 is 0 Å². The first-order chi connectivity index (χ1) is 19.1. The summed E-state index contributed by atoms with van der Waals surface area (Å²) in [6, 6.07) is 13.1. The Morgan fingerprint density at radius 3 is 2.52 bits per heavy atom. The number of rotatable bonds is 12. The number of halogens is 1. The van der Waals surface area contributed by atoms with E-state index >= 15 is 0 Å². The molecule has 4 aromatic rings. The highest BCUT2D eigenvalue weighted by molar-refractivity contribution is 7.98. The van der Waals surface area contributed by atoms with Crippen LogP contribution in [0.4, 0.5) is 21.7 Å². The van der Waals surface area contributed by atoms with Gasteiger partial charge in [0.15, 0.2) is 5.16 Å². The molecule has 2 aromatic carbocycles. The summed E-state index contributed by atoms with van der Waals surface area (Å²) in [6.07, 6.45) is 3.52. The molecule has 0 atom stereocenters. The van der Waals surface area contributed by atoms with E-state index in [-0.39, 0.29) is 24.2 Å². The Morgan fingerprint density at radius 2 is 1.88 bits per heavy atom. The largest absolute Gasteiger partial charge is 0.495 e. The van der Waals surface area contributed by atoms with Crippen LogP contribution in [0, 0.1) is 15.9 Å². The van der Waals surface area contributed by atoms with Crippen LogP contribution < -0.4 is 10.1 Å². The number of nitro benzene ring substituents is 1. The standard InChI is InChI=1S/C27H31FN6O4SSi/c1-37-23-11-10-20(34(35)36)16-22(23)31-26-29-13-12-21(30-26)25-24(18-6-8-19(28)9-7-18)32-27(39-2)33(25)17-38-14-15-40(3,4)5/h6-13,16H,14-15,17H2,1-5H3,(H,29,30,31). The number of ether oxygens (including phenoxy) is 2. The van der Waals surface area contributed by atoms with E-state index in [4.69, 9.17) is 19.4 Å². The smallest absolute Gasteiger partial charge is 0.271 e. The van der Waals surface area contributed by atoms with Crippen molar-refractivity contribution in [3.63, 3.8) is 0 Å².